The van der Waals surface area contributed by atoms with Gasteiger partial charge in [0.15, 0.2) is 5.82 Å². The zero-order valence-corrected chi connectivity index (χ0v) is 16.7. The molecule has 2 fully saturated rings. The van der Waals surface area contributed by atoms with E-state index >= 15 is 0 Å². The van der Waals surface area contributed by atoms with Gasteiger partial charge in [-0.1, -0.05) is 50.3 Å². The summed E-state index contributed by atoms with van der Waals surface area (Å²) < 4.78 is 4.12. The van der Waals surface area contributed by atoms with Crippen LogP contribution in [0.25, 0.3) is 0 Å². The Balaban J connectivity index is 1.45. The van der Waals surface area contributed by atoms with Gasteiger partial charge >= 0.3 is 0 Å². The van der Waals surface area contributed by atoms with Crippen molar-refractivity contribution in [2.45, 2.75) is 81.3 Å². The molecule has 0 aliphatic heterocycles. The Kier molecular flexibility index (Phi) is 6.17. The average molecular weight is 388 g/mol. The van der Waals surface area contributed by atoms with Gasteiger partial charge in [-0.05, 0) is 37.8 Å². The summed E-state index contributed by atoms with van der Waals surface area (Å²) in [6.45, 7) is 0. The number of amides is 1. The molecule has 0 bridgehead atoms. The fourth-order valence-electron chi connectivity index (χ4n) is 4.30. The van der Waals surface area contributed by atoms with E-state index in [1.165, 1.54) is 63.1 Å². The van der Waals surface area contributed by atoms with Gasteiger partial charge in [0, 0.05) is 24.4 Å². The topological polar surface area (TPSA) is 64.7 Å². The van der Waals surface area contributed by atoms with E-state index in [1.54, 1.807) is 0 Å². The first kappa shape index (κ1) is 18.6. The predicted octanol–water partition coefficient (Wildman–Crippen LogP) is 3.98. The SMILES string of the molecule is O=C(CSc1nnc(C2CCCCC2)n1-n1cccc1)NC1CCCCC1. The van der Waals surface area contributed by atoms with Crippen LogP contribution >= 0.6 is 11.8 Å². The average Bonchev–Trinajstić information content (AvgIpc) is 3.37. The van der Waals surface area contributed by atoms with Crippen LogP contribution in [-0.4, -0.2) is 37.3 Å². The summed E-state index contributed by atoms with van der Waals surface area (Å²) in [5.74, 6) is 1.98. The van der Waals surface area contributed by atoms with Gasteiger partial charge in [-0.25, -0.2) is 4.68 Å². The molecular weight excluding hydrogens is 358 g/mol. The minimum atomic E-state index is 0.105. The fraction of sp³-hybridized carbons (Fsp3) is 0.650. The lowest BCUT2D eigenvalue weighted by atomic mass is 9.89. The zero-order chi connectivity index (χ0) is 18.5. The summed E-state index contributed by atoms with van der Waals surface area (Å²) in [5, 5.41) is 13.0. The summed E-state index contributed by atoms with van der Waals surface area (Å²) in [5.41, 5.74) is 0. The van der Waals surface area contributed by atoms with Crippen molar-refractivity contribution in [3.8, 4) is 0 Å². The molecule has 7 heteroatoms. The molecule has 2 aliphatic rings. The van der Waals surface area contributed by atoms with Gasteiger partial charge in [-0.2, -0.15) is 0 Å². The number of thioether (sulfide) groups is 1. The molecule has 2 aromatic heterocycles. The summed E-state index contributed by atoms with van der Waals surface area (Å²) >= 11 is 1.48. The lowest BCUT2D eigenvalue weighted by Crippen LogP contribution is -2.37. The summed E-state index contributed by atoms with van der Waals surface area (Å²) in [6, 6.07) is 4.37. The van der Waals surface area contributed by atoms with Crippen molar-refractivity contribution in [2.24, 2.45) is 0 Å². The first-order valence-electron chi connectivity index (χ1n) is 10.3. The number of nitrogens with one attached hydrogen (secondary N) is 1. The van der Waals surface area contributed by atoms with Crippen molar-refractivity contribution in [3.05, 3.63) is 30.4 Å². The van der Waals surface area contributed by atoms with E-state index in [4.69, 9.17) is 0 Å². The molecule has 2 aliphatic carbocycles. The highest BCUT2D eigenvalue weighted by Gasteiger charge is 2.25. The molecule has 4 rings (SSSR count). The Bertz CT molecular complexity index is 730. The standard InChI is InChI=1S/C20H29N5OS/c26-18(21-17-11-5-2-6-12-17)15-27-20-23-22-19(16-9-3-1-4-10-16)25(20)24-13-7-8-14-24/h7-8,13-14,16-17H,1-6,9-12,15H2,(H,21,26). The number of nitrogens with zero attached hydrogens (tertiary/aromatic N) is 4. The lowest BCUT2D eigenvalue weighted by Gasteiger charge is -2.23. The third-order valence-corrected chi connectivity index (χ3v) is 6.65. The maximum absolute atomic E-state index is 12.4. The van der Waals surface area contributed by atoms with Gasteiger partial charge in [0.1, 0.15) is 0 Å². The van der Waals surface area contributed by atoms with E-state index in [0.717, 1.165) is 23.8 Å². The Morgan fingerprint density at radius 3 is 2.37 bits per heavy atom. The highest BCUT2D eigenvalue weighted by Crippen LogP contribution is 2.33. The maximum atomic E-state index is 12.4. The molecule has 27 heavy (non-hydrogen) atoms. The van der Waals surface area contributed by atoms with E-state index in [-0.39, 0.29) is 5.91 Å². The quantitative estimate of drug-likeness (QED) is 0.762. The van der Waals surface area contributed by atoms with Gasteiger partial charge in [0.25, 0.3) is 0 Å². The van der Waals surface area contributed by atoms with Gasteiger partial charge in [-0.3, -0.25) is 9.47 Å². The second-order valence-corrected chi connectivity index (χ2v) is 8.68. The fourth-order valence-corrected chi connectivity index (χ4v) is 5.06. The Morgan fingerprint density at radius 1 is 1.00 bits per heavy atom. The Hall–Kier alpha value is -1.76. The molecule has 2 saturated carbocycles. The smallest absolute Gasteiger partial charge is 0.230 e. The normalized spacial score (nSPS) is 19.3. The van der Waals surface area contributed by atoms with Crippen LogP contribution in [0.2, 0.25) is 0 Å². The van der Waals surface area contributed by atoms with E-state index in [2.05, 4.69) is 20.2 Å². The number of hydrogen-bond acceptors (Lipinski definition) is 4. The molecule has 0 spiro atoms. The van der Waals surface area contributed by atoms with Gasteiger partial charge < -0.3 is 5.32 Å². The zero-order valence-electron chi connectivity index (χ0n) is 15.8. The minimum Gasteiger partial charge on any atom is -0.353 e. The van der Waals surface area contributed by atoms with Crippen LogP contribution in [0.15, 0.2) is 29.7 Å². The second kappa shape index (κ2) is 8.95. The van der Waals surface area contributed by atoms with E-state index in [1.807, 2.05) is 29.2 Å². The Labute approximate surface area is 165 Å². The molecule has 1 amide bonds. The van der Waals surface area contributed by atoms with Crippen molar-refractivity contribution >= 4 is 17.7 Å². The highest BCUT2D eigenvalue weighted by molar-refractivity contribution is 7.99. The number of carbonyl (C=O) groups is 1. The number of carbonyl (C=O) groups excluding carboxylic acids is 1. The molecular formula is C20H29N5OS. The van der Waals surface area contributed by atoms with Gasteiger partial charge in [0.2, 0.25) is 11.1 Å². The molecule has 6 nitrogen and oxygen atoms in total. The van der Waals surface area contributed by atoms with E-state index in [0.29, 0.717) is 17.7 Å². The van der Waals surface area contributed by atoms with Crippen LogP contribution in [0.4, 0.5) is 0 Å². The molecule has 2 heterocycles. The first-order valence-corrected chi connectivity index (χ1v) is 11.3. The highest BCUT2D eigenvalue weighted by atomic mass is 32.2. The van der Waals surface area contributed by atoms with Crippen LogP contribution in [0, 0.1) is 0 Å². The van der Waals surface area contributed by atoms with Crippen LogP contribution in [0.3, 0.4) is 0 Å². The second-order valence-electron chi connectivity index (χ2n) is 7.74. The van der Waals surface area contributed by atoms with Gasteiger partial charge in [0.05, 0.1) is 5.75 Å². The third-order valence-electron chi connectivity index (χ3n) is 5.73. The predicted molar refractivity (Wildman–Crippen MR) is 107 cm³/mol. The first-order chi connectivity index (χ1) is 13.3. The van der Waals surface area contributed by atoms with E-state index < -0.39 is 0 Å². The van der Waals surface area contributed by atoms with Crippen LogP contribution < -0.4 is 5.32 Å². The van der Waals surface area contributed by atoms with Crippen molar-refractivity contribution in [1.29, 1.82) is 0 Å². The minimum absolute atomic E-state index is 0.105. The van der Waals surface area contributed by atoms with E-state index in [9.17, 15) is 4.79 Å². The van der Waals surface area contributed by atoms with Crippen LogP contribution in [0.1, 0.15) is 76.0 Å². The molecule has 146 valence electrons. The molecule has 2 aromatic rings. The molecule has 1 N–H and O–H groups in total. The van der Waals surface area contributed by atoms with Gasteiger partial charge in [-0.15, -0.1) is 10.2 Å². The maximum Gasteiger partial charge on any atom is 0.230 e. The number of rotatable bonds is 6. The largest absolute Gasteiger partial charge is 0.353 e. The molecule has 0 saturated heterocycles. The molecule has 0 atom stereocenters. The van der Waals surface area contributed by atoms with Crippen molar-refractivity contribution in [3.63, 3.8) is 0 Å². The third kappa shape index (κ3) is 4.57. The summed E-state index contributed by atoms with van der Waals surface area (Å²) in [7, 11) is 0. The Morgan fingerprint density at radius 2 is 1.67 bits per heavy atom. The van der Waals surface area contributed by atoms with Crippen molar-refractivity contribution in [1.82, 2.24) is 24.9 Å². The van der Waals surface area contributed by atoms with Crippen LogP contribution in [-0.2, 0) is 4.79 Å². The monoisotopic (exact) mass is 387 g/mol. The molecule has 0 aromatic carbocycles. The van der Waals surface area contributed by atoms with Crippen molar-refractivity contribution < 1.29 is 4.79 Å². The molecule has 0 radical (unpaired) electrons. The van der Waals surface area contributed by atoms with Crippen molar-refractivity contribution in [2.75, 3.05) is 5.75 Å². The molecule has 0 unspecified atom stereocenters. The number of aromatic nitrogens is 4. The van der Waals surface area contributed by atoms with Crippen LogP contribution in [0.5, 0.6) is 0 Å². The summed E-state index contributed by atoms with van der Waals surface area (Å²) in [6.07, 6.45) is 16.2. The lowest BCUT2D eigenvalue weighted by molar-refractivity contribution is -0.119. The summed E-state index contributed by atoms with van der Waals surface area (Å²) in [4.78, 5) is 12.4. The number of hydrogen-bond donors (Lipinski definition) is 1.